The maximum absolute atomic E-state index is 12.9. The average Bonchev–Trinajstić information content (AvgIpc) is 2.61. The monoisotopic (exact) mass is 365 g/mol. The van der Waals surface area contributed by atoms with E-state index in [9.17, 15) is 10.1 Å². The first kappa shape index (κ1) is 16.6. The van der Waals surface area contributed by atoms with Crippen LogP contribution in [0.25, 0.3) is 11.0 Å². The zero-order chi connectivity index (χ0) is 18.5. The highest BCUT2D eigenvalue weighted by atomic mass is 35.5. The molecule has 5 nitrogen and oxygen atoms in total. The molecule has 0 spiro atoms. The van der Waals surface area contributed by atoms with Crippen LogP contribution in [0.5, 0.6) is 5.75 Å². The van der Waals surface area contributed by atoms with Crippen molar-refractivity contribution in [3.63, 3.8) is 0 Å². The van der Waals surface area contributed by atoms with Crippen molar-refractivity contribution in [3.8, 4) is 11.8 Å². The number of fused-ring (bicyclic) bond motifs is 2. The molecule has 0 saturated carbocycles. The summed E-state index contributed by atoms with van der Waals surface area (Å²) in [6.07, 6.45) is 0.569. The van der Waals surface area contributed by atoms with Gasteiger partial charge in [-0.1, -0.05) is 23.7 Å². The number of hydrogen-bond donors (Lipinski definition) is 0. The lowest BCUT2D eigenvalue weighted by Gasteiger charge is -2.38. The Morgan fingerprint density at radius 3 is 2.85 bits per heavy atom. The van der Waals surface area contributed by atoms with Gasteiger partial charge < -0.3 is 4.74 Å². The molecule has 2 aromatic carbocycles. The van der Waals surface area contributed by atoms with E-state index in [4.69, 9.17) is 16.3 Å². The molecular weight excluding hydrogens is 350 g/mol. The van der Waals surface area contributed by atoms with Gasteiger partial charge in [0.25, 0.3) is 5.56 Å². The predicted octanol–water partition coefficient (Wildman–Crippen LogP) is 4.07. The minimum atomic E-state index is -0.470. The maximum Gasteiger partial charge on any atom is 0.289 e. The standard InChI is InChI=1S/C20H16ClN3O2/c1-20(2)10-16(13-9-12(11-22)7-8-17(13)26-20)24-15-6-4-3-5-14(15)23-18(21)19(24)25/h3-9,16H,10H2,1-2H3/t16-/m1/s1. The first-order valence-corrected chi connectivity index (χ1v) is 8.67. The third kappa shape index (κ3) is 2.63. The van der Waals surface area contributed by atoms with E-state index in [-0.39, 0.29) is 16.8 Å². The van der Waals surface area contributed by atoms with Gasteiger partial charge in [0.15, 0.2) is 5.15 Å². The molecule has 0 N–H and O–H groups in total. The SMILES string of the molecule is CC1(C)C[C@@H](n2c(=O)c(Cl)nc3ccccc32)c2cc(C#N)ccc2O1. The third-order valence-corrected chi connectivity index (χ3v) is 4.88. The normalized spacial score (nSPS) is 18.0. The fraction of sp³-hybridized carbons (Fsp3) is 0.250. The molecule has 0 amide bonds. The Kier molecular flexibility index (Phi) is 3.74. The number of rotatable bonds is 1. The van der Waals surface area contributed by atoms with E-state index in [1.807, 2.05) is 38.1 Å². The second kappa shape index (κ2) is 5.86. The third-order valence-electron chi connectivity index (χ3n) is 4.64. The number of ether oxygens (including phenoxy) is 1. The molecule has 1 aromatic heterocycles. The van der Waals surface area contributed by atoms with Crippen LogP contribution < -0.4 is 10.3 Å². The molecule has 1 aliphatic heterocycles. The molecule has 0 saturated heterocycles. The van der Waals surface area contributed by atoms with Crippen LogP contribution in [0, 0.1) is 11.3 Å². The summed E-state index contributed by atoms with van der Waals surface area (Å²) in [7, 11) is 0. The van der Waals surface area contributed by atoms with E-state index in [1.165, 1.54) is 0 Å². The Hall–Kier alpha value is -2.84. The molecule has 6 heteroatoms. The highest BCUT2D eigenvalue weighted by Gasteiger charge is 2.36. The highest BCUT2D eigenvalue weighted by Crippen LogP contribution is 2.42. The second-order valence-corrected chi connectivity index (χ2v) is 7.37. The molecule has 0 aliphatic carbocycles. The number of halogens is 1. The van der Waals surface area contributed by atoms with Gasteiger partial charge in [0, 0.05) is 12.0 Å². The van der Waals surface area contributed by atoms with Crippen LogP contribution in [-0.4, -0.2) is 15.2 Å². The van der Waals surface area contributed by atoms with E-state index < -0.39 is 5.60 Å². The van der Waals surface area contributed by atoms with Crippen molar-refractivity contribution in [1.82, 2.24) is 9.55 Å². The summed E-state index contributed by atoms with van der Waals surface area (Å²) < 4.78 is 7.75. The number of nitriles is 1. The zero-order valence-electron chi connectivity index (χ0n) is 14.4. The van der Waals surface area contributed by atoms with E-state index in [0.29, 0.717) is 28.8 Å². The Balaban J connectivity index is 2.06. The van der Waals surface area contributed by atoms with Gasteiger partial charge in [-0.3, -0.25) is 9.36 Å². The van der Waals surface area contributed by atoms with Gasteiger partial charge in [0.1, 0.15) is 11.4 Å². The van der Waals surface area contributed by atoms with E-state index in [0.717, 1.165) is 5.56 Å². The van der Waals surface area contributed by atoms with Crippen LogP contribution in [0.15, 0.2) is 47.3 Å². The molecule has 3 aromatic rings. The van der Waals surface area contributed by atoms with Crippen molar-refractivity contribution in [3.05, 3.63) is 69.1 Å². The van der Waals surface area contributed by atoms with Crippen LogP contribution in [0.2, 0.25) is 5.15 Å². The summed E-state index contributed by atoms with van der Waals surface area (Å²) in [5, 5.41) is 9.21. The van der Waals surface area contributed by atoms with Gasteiger partial charge in [-0.15, -0.1) is 0 Å². The summed E-state index contributed by atoms with van der Waals surface area (Å²) in [6.45, 7) is 3.97. The minimum absolute atomic E-state index is 0.0639. The summed E-state index contributed by atoms with van der Waals surface area (Å²) in [5.74, 6) is 0.675. The Morgan fingerprint density at radius 2 is 2.08 bits per heavy atom. The van der Waals surface area contributed by atoms with Crippen LogP contribution in [0.1, 0.15) is 37.4 Å². The lowest BCUT2D eigenvalue weighted by molar-refractivity contribution is 0.0672. The maximum atomic E-state index is 12.9. The molecule has 0 radical (unpaired) electrons. The summed E-state index contributed by atoms with van der Waals surface area (Å²) in [4.78, 5) is 17.1. The van der Waals surface area contributed by atoms with Crippen molar-refractivity contribution < 1.29 is 4.74 Å². The van der Waals surface area contributed by atoms with Gasteiger partial charge in [-0.05, 0) is 44.2 Å². The fourth-order valence-corrected chi connectivity index (χ4v) is 3.73. The van der Waals surface area contributed by atoms with Crippen LogP contribution in [-0.2, 0) is 0 Å². The Morgan fingerprint density at radius 1 is 1.31 bits per heavy atom. The van der Waals surface area contributed by atoms with Crippen LogP contribution in [0.4, 0.5) is 0 Å². The smallest absolute Gasteiger partial charge is 0.289 e. The summed E-state index contributed by atoms with van der Waals surface area (Å²) in [5.41, 5.74) is 1.87. The van der Waals surface area contributed by atoms with Crippen LogP contribution >= 0.6 is 11.6 Å². The number of hydrogen-bond acceptors (Lipinski definition) is 4. The molecular formula is C20H16ClN3O2. The van der Waals surface area contributed by atoms with Crippen molar-refractivity contribution in [1.29, 1.82) is 5.26 Å². The predicted molar refractivity (Wildman–Crippen MR) is 99.6 cm³/mol. The zero-order valence-corrected chi connectivity index (χ0v) is 15.1. The Bertz CT molecular complexity index is 1130. The number of nitrogens with zero attached hydrogens (tertiary/aromatic N) is 3. The van der Waals surface area contributed by atoms with Gasteiger partial charge in [-0.25, -0.2) is 4.98 Å². The molecule has 1 atom stereocenters. The topological polar surface area (TPSA) is 67.9 Å². The Labute approximate surface area is 155 Å². The lowest BCUT2D eigenvalue weighted by Crippen LogP contribution is -2.40. The number of para-hydroxylation sites is 2. The van der Waals surface area contributed by atoms with Crippen molar-refractivity contribution in [2.24, 2.45) is 0 Å². The van der Waals surface area contributed by atoms with Crippen molar-refractivity contribution >= 4 is 22.6 Å². The first-order chi connectivity index (χ1) is 12.4. The van der Waals surface area contributed by atoms with Gasteiger partial charge in [0.2, 0.25) is 0 Å². The molecule has 0 fully saturated rings. The van der Waals surface area contributed by atoms with Crippen molar-refractivity contribution in [2.75, 3.05) is 0 Å². The fourth-order valence-electron chi connectivity index (χ4n) is 3.55. The van der Waals surface area contributed by atoms with Crippen LogP contribution in [0.3, 0.4) is 0 Å². The lowest BCUT2D eigenvalue weighted by atomic mass is 9.88. The summed E-state index contributed by atoms with van der Waals surface area (Å²) >= 11 is 6.14. The average molecular weight is 366 g/mol. The highest BCUT2D eigenvalue weighted by molar-refractivity contribution is 6.29. The molecule has 2 heterocycles. The minimum Gasteiger partial charge on any atom is -0.487 e. The van der Waals surface area contributed by atoms with E-state index >= 15 is 0 Å². The molecule has 130 valence electrons. The van der Waals surface area contributed by atoms with Crippen molar-refractivity contribution in [2.45, 2.75) is 31.9 Å². The number of aromatic nitrogens is 2. The molecule has 1 aliphatic rings. The molecule has 0 bridgehead atoms. The largest absolute Gasteiger partial charge is 0.487 e. The molecule has 0 unspecified atom stereocenters. The van der Waals surface area contributed by atoms with E-state index in [2.05, 4.69) is 11.1 Å². The number of benzene rings is 2. The molecule has 26 heavy (non-hydrogen) atoms. The van der Waals surface area contributed by atoms with Gasteiger partial charge >= 0.3 is 0 Å². The first-order valence-electron chi connectivity index (χ1n) is 8.29. The second-order valence-electron chi connectivity index (χ2n) is 7.01. The van der Waals surface area contributed by atoms with E-state index in [1.54, 1.807) is 22.8 Å². The van der Waals surface area contributed by atoms with Gasteiger partial charge in [-0.2, -0.15) is 5.26 Å². The molecule has 4 rings (SSSR count). The quantitative estimate of drug-likeness (QED) is 0.651. The van der Waals surface area contributed by atoms with Gasteiger partial charge in [0.05, 0.1) is 28.7 Å². The summed E-state index contributed by atoms with van der Waals surface area (Å²) in [6, 6.07) is 14.5.